The molecule has 0 radical (unpaired) electrons. The van der Waals surface area contributed by atoms with Gasteiger partial charge in [-0.1, -0.05) is 25.0 Å². The van der Waals surface area contributed by atoms with Gasteiger partial charge in [0.25, 0.3) is 0 Å². The number of ether oxygens (including phenoxy) is 1. The fourth-order valence-electron chi connectivity index (χ4n) is 3.86. The van der Waals surface area contributed by atoms with E-state index in [-0.39, 0.29) is 11.4 Å². The SMILES string of the molecule is O=C(O)[C@@H]1C=C[C@H]2CCCCC23COC(=O)[C@@H]13. The van der Waals surface area contributed by atoms with Crippen molar-refractivity contribution in [3.63, 3.8) is 0 Å². The van der Waals surface area contributed by atoms with E-state index in [2.05, 4.69) is 0 Å². The van der Waals surface area contributed by atoms with E-state index in [1.165, 1.54) is 0 Å². The maximum atomic E-state index is 11.9. The summed E-state index contributed by atoms with van der Waals surface area (Å²) in [4.78, 5) is 23.1. The molecule has 4 nitrogen and oxygen atoms in total. The zero-order valence-corrected chi connectivity index (χ0v) is 9.59. The lowest BCUT2D eigenvalue weighted by Crippen LogP contribution is -2.47. The van der Waals surface area contributed by atoms with Crippen LogP contribution in [-0.2, 0) is 14.3 Å². The van der Waals surface area contributed by atoms with Gasteiger partial charge in [-0.05, 0) is 18.8 Å². The van der Waals surface area contributed by atoms with Crippen LogP contribution < -0.4 is 0 Å². The highest BCUT2D eigenvalue weighted by atomic mass is 16.5. The molecule has 0 bridgehead atoms. The van der Waals surface area contributed by atoms with Crippen LogP contribution in [-0.4, -0.2) is 23.7 Å². The molecule has 1 saturated heterocycles. The molecule has 1 aliphatic heterocycles. The van der Waals surface area contributed by atoms with E-state index in [0.717, 1.165) is 25.7 Å². The standard InChI is InChI=1S/C13H16O4/c14-11(15)9-5-4-8-3-1-2-6-13(8)7-17-12(16)10(9)13/h4-5,8-10H,1-3,6-7H2,(H,14,15)/t8-,9-,10-,13?/m1/s1. The van der Waals surface area contributed by atoms with Crippen LogP contribution in [0, 0.1) is 23.2 Å². The number of allylic oxidation sites excluding steroid dienone is 1. The molecule has 1 saturated carbocycles. The Hall–Kier alpha value is -1.32. The van der Waals surface area contributed by atoms with Crippen molar-refractivity contribution in [3.05, 3.63) is 12.2 Å². The summed E-state index contributed by atoms with van der Waals surface area (Å²) < 4.78 is 5.20. The number of hydrogen-bond donors (Lipinski definition) is 1. The summed E-state index contributed by atoms with van der Waals surface area (Å²) in [5, 5.41) is 9.23. The maximum absolute atomic E-state index is 11.9. The van der Waals surface area contributed by atoms with Crippen LogP contribution in [0.2, 0.25) is 0 Å². The molecule has 3 rings (SSSR count). The van der Waals surface area contributed by atoms with E-state index in [9.17, 15) is 14.7 Å². The molecule has 1 unspecified atom stereocenters. The predicted molar refractivity (Wildman–Crippen MR) is 59.1 cm³/mol. The lowest BCUT2D eigenvalue weighted by molar-refractivity contribution is -0.151. The Bertz CT molecular complexity index is 400. The highest BCUT2D eigenvalue weighted by Crippen LogP contribution is 2.56. The Labute approximate surface area is 99.6 Å². The molecular formula is C13H16O4. The van der Waals surface area contributed by atoms with Crippen molar-refractivity contribution in [2.45, 2.75) is 25.7 Å². The molecule has 92 valence electrons. The van der Waals surface area contributed by atoms with E-state index < -0.39 is 17.8 Å². The summed E-state index contributed by atoms with van der Waals surface area (Å²) in [7, 11) is 0. The maximum Gasteiger partial charge on any atom is 0.311 e. The number of carboxylic acid groups (broad SMARTS) is 1. The first-order valence-corrected chi connectivity index (χ1v) is 6.23. The van der Waals surface area contributed by atoms with Crippen molar-refractivity contribution in [2.24, 2.45) is 23.2 Å². The lowest BCUT2D eigenvalue weighted by Gasteiger charge is -2.45. The first kappa shape index (κ1) is 10.8. The van der Waals surface area contributed by atoms with Crippen molar-refractivity contribution in [3.8, 4) is 0 Å². The van der Waals surface area contributed by atoms with Gasteiger partial charge in [0.1, 0.15) is 0 Å². The van der Waals surface area contributed by atoms with Crippen LogP contribution >= 0.6 is 0 Å². The molecule has 2 aliphatic carbocycles. The van der Waals surface area contributed by atoms with Gasteiger partial charge in [0, 0.05) is 5.41 Å². The topological polar surface area (TPSA) is 63.6 Å². The van der Waals surface area contributed by atoms with Crippen LogP contribution in [0.1, 0.15) is 25.7 Å². The third-order valence-corrected chi connectivity index (χ3v) is 4.70. The smallest absolute Gasteiger partial charge is 0.311 e. The van der Waals surface area contributed by atoms with Crippen LogP contribution in [0.4, 0.5) is 0 Å². The van der Waals surface area contributed by atoms with E-state index in [4.69, 9.17) is 4.74 Å². The second kappa shape index (κ2) is 3.59. The second-order valence-corrected chi connectivity index (χ2v) is 5.42. The van der Waals surface area contributed by atoms with Crippen molar-refractivity contribution >= 4 is 11.9 Å². The molecule has 17 heavy (non-hydrogen) atoms. The summed E-state index contributed by atoms with van der Waals surface area (Å²) in [6.45, 7) is 0.412. The predicted octanol–water partition coefficient (Wildman–Crippen LogP) is 1.61. The van der Waals surface area contributed by atoms with Gasteiger partial charge < -0.3 is 9.84 Å². The van der Waals surface area contributed by atoms with E-state index in [1.807, 2.05) is 6.08 Å². The quantitative estimate of drug-likeness (QED) is 0.555. The minimum absolute atomic E-state index is 0.229. The van der Waals surface area contributed by atoms with Gasteiger partial charge in [-0.3, -0.25) is 9.59 Å². The molecule has 0 aromatic carbocycles. The van der Waals surface area contributed by atoms with Crippen molar-refractivity contribution < 1.29 is 19.4 Å². The van der Waals surface area contributed by atoms with Gasteiger partial charge in [0.05, 0.1) is 18.4 Å². The van der Waals surface area contributed by atoms with Crippen LogP contribution in [0.3, 0.4) is 0 Å². The number of esters is 1. The Morgan fingerprint density at radius 2 is 2.24 bits per heavy atom. The lowest BCUT2D eigenvalue weighted by atomic mass is 9.55. The minimum Gasteiger partial charge on any atom is -0.481 e. The Balaban J connectivity index is 2.05. The van der Waals surface area contributed by atoms with Gasteiger partial charge in [-0.15, -0.1) is 0 Å². The Kier molecular flexibility index (Phi) is 2.28. The Morgan fingerprint density at radius 1 is 1.41 bits per heavy atom. The van der Waals surface area contributed by atoms with E-state index in [1.54, 1.807) is 6.08 Å². The normalized spacial score (nSPS) is 43.8. The van der Waals surface area contributed by atoms with Crippen molar-refractivity contribution in [2.75, 3.05) is 6.61 Å². The third-order valence-electron chi connectivity index (χ3n) is 4.70. The monoisotopic (exact) mass is 236 g/mol. The highest BCUT2D eigenvalue weighted by molar-refractivity contribution is 5.85. The molecular weight excluding hydrogens is 220 g/mol. The average Bonchev–Trinajstić information content (AvgIpc) is 2.65. The van der Waals surface area contributed by atoms with Crippen LogP contribution in [0.25, 0.3) is 0 Å². The van der Waals surface area contributed by atoms with Crippen molar-refractivity contribution in [1.29, 1.82) is 0 Å². The molecule has 1 N–H and O–H groups in total. The molecule has 3 aliphatic rings. The third kappa shape index (κ3) is 1.36. The largest absolute Gasteiger partial charge is 0.481 e. The van der Waals surface area contributed by atoms with Crippen LogP contribution in [0.15, 0.2) is 12.2 Å². The van der Waals surface area contributed by atoms with E-state index >= 15 is 0 Å². The Morgan fingerprint density at radius 3 is 3.00 bits per heavy atom. The minimum atomic E-state index is -0.909. The molecule has 0 amide bonds. The number of aliphatic carboxylic acids is 1. The molecule has 0 aromatic rings. The molecule has 0 aromatic heterocycles. The van der Waals surface area contributed by atoms with Gasteiger partial charge >= 0.3 is 11.9 Å². The number of hydrogen-bond acceptors (Lipinski definition) is 3. The molecule has 2 fully saturated rings. The highest BCUT2D eigenvalue weighted by Gasteiger charge is 2.60. The summed E-state index contributed by atoms with van der Waals surface area (Å²) in [5.41, 5.74) is -0.229. The zero-order chi connectivity index (χ0) is 12.0. The number of cyclic esters (lactones) is 1. The number of carboxylic acids is 1. The molecule has 1 spiro atoms. The first-order chi connectivity index (χ1) is 8.15. The van der Waals surface area contributed by atoms with E-state index in [0.29, 0.717) is 12.5 Å². The van der Waals surface area contributed by atoms with Gasteiger partial charge in [0.2, 0.25) is 0 Å². The fraction of sp³-hybridized carbons (Fsp3) is 0.692. The number of carbonyl (C=O) groups is 2. The van der Waals surface area contributed by atoms with Gasteiger partial charge in [-0.2, -0.15) is 0 Å². The van der Waals surface area contributed by atoms with Crippen molar-refractivity contribution in [1.82, 2.24) is 0 Å². The number of rotatable bonds is 1. The molecule has 1 heterocycles. The van der Waals surface area contributed by atoms with Gasteiger partial charge in [-0.25, -0.2) is 0 Å². The number of carbonyl (C=O) groups excluding carboxylic acids is 1. The first-order valence-electron chi connectivity index (χ1n) is 6.23. The fourth-order valence-corrected chi connectivity index (χ4v) is 3.86. The van der Waals surface area contributed by atoms with Crippen LogP contribution in [0.5, 0.6) is 0 Å². The second-order valence-electron chi connectivity index (χ2n) is 5.42. The van der Waals surface area contributed by atoms with Gasteiger partial charge in [0.15, 0.2) is 0 Å². The summed E-state index contributed by atoms with van der Waals surface area (Å²) in [5.74, 6) is -2.06. The average molecular weight is 236 g/mol. The summed E-state index contributed by atoms with van der Waals surface area (Å²) in [6, 6.07) is 0. The molecule has 4 atom stereocenters. The zero-order valence-electron chi connectivity index (χ0n) is 9.59. The summed E-state index contributed by atoms with van der Waals surface area (Å²) >= 11 is 0. The summed E-state index contributed by atoms with van der Waals surface area (Å²) in [6.07, 6.45) is 7.92. The molecule has 4 heteroatoms.